The van der Waals surface area contributed by atoms with E-state index in [0.29, 0.717) is 18.1 Å². The minimum Gasteiger partial charge on any atom is -0.383 e. The predicted octanol–water partition coefficient (Wildman–Crippen LogP) is 2.58. The van der Waals surface area contributed by atoms with Crippen molar-refractivity contribution < 1.29 is 4.74 Å². The van der Waals surface area contributed by atoms with Crippen molar-refractivity contribution in [2.45, 2.75) is 50.2 Å². The van der Waals surface area contributed by atoms with Gasteiger partial charge in [0, 0.05) is 12.7 Å². The molecule has 1 aromatic heterocycles. The highest BCUT2D eigenvalue weighted by Gasteiger charge is 2.33. The lowest BCUT2D eigenvalue weighted by Gasteiger charge is -2.20. The van der Waals surface area contributed by atoms with Crippen molar-refractivity contribution in [2.24, 2.45) is 0 Å². The molecule has 0 radical (unpaired) electrons. The van der Waals surface area contributed by atoms with Crippen LogP contribution in [0.3, 0.4) is 0 Å². The van der Waals surface area contributed by atoms with Crippen molar-refractivity contribution in [1.29, 1.82) is 0 Å². The van der Waals surface area contributed by atoms with Gasteiger partial charge in [-0.15, -0.1) is 0 Å². The highest BCUT2D eigenvalue weighted by atomic mass is 32.1. The minimum atomic E-state index is 0.338. The van der Waals surface area contributed by atoms with Crippen LogP contribution in [-0.2, 0) is 4.74 Å². The third kappa shape index (κ3) is 2.13. The Morgan fingerprint density at radius 3 is 2.88 bits per heavy atom. The maximum atomic E-state index is 5.95. The summed E-state index contributed by atoms with van der Waals surface area (Å²) in [5.74, 6) is 1.38. The molecule has 2 unspecified atom stereocenters. The topological polar surface area (TPSA) is 60.2 Å². The molecule has 0 bridgehead atoms. The van der Waals surface area contributed by atoms with Crippen molar-refractivity contribution in [3.63, 3.8) is 0 Å². The number of ether oxygens (including phenoxy) is 1. The van der Waals surface area contributed by atoms with E-state index in [1.54, 1.807) is 7.11 Å². The number of nitrogens with zero attached hydrogens (tertiary/aromatic N) is 1. The van der Waals surface area contributed by atoms with Gasteiger partial charge in [0.25, 0.3) is 0 Å². The van der Waals surface area contributed by atoms with Gasteiger partial charge in [0.15, 0.2) is 0 Å². The summed E-state index contributed by atoms with van der Waals surface area (Å²) >= 11 is 1.50. The molecule has 2 aliphatic rings. The second-order valence-corrected chi connectivity index (χ2v) is 5.81. The number of nitrogen functional groups attached to an aromatic ring is 1. The molecule has 17 heavy (non-hydrogen) atoms. The molecule has 2 atom stereocenters. The number of hydrogen-bond acceptors (Lipinski definition) is 5. The molecule has 1 aromatic rings. The van der Waals surface area contributed by atoms with Gasteiger partial charge >= 0.3 is 0 Å². The van der Waals surface area contributed by atoms with Crippen molar-refractivity contribution >= 4 is 22.4 Å². The number of anilines is 2. The lowest BCUT2D eigenvalue weighted by atomic mass is 10.1. The fourth-order valence-corrected chi connectivity index (χ4v) is 3.58. The Kier molecular flexibility index (Phi) is 2.96. The lowest BCUT2D eigenvalue weighted by molar-refractivity contribution is 0.101. The molecule has 2 aliphatic carbocycles. The SMILES string of the molecule is COC1CCCC1Nc1snc(N)c1C1CC1. The first-order chi connectivity index (χ1) is 8.29. The number of methoxy groups -OCH3 is 1. The summed E-state index contributed by atoms with van der Waals surface area (Å²) in [4.78, 5) is 0. The minimum absolute atomic E-state index is 0.338. The summed E-state index contributed by atoms with van der Waals surface area (Å²) in [6, 6.07) is 0.428. The van der Waals surface area contributed by atoms with Crippen LogP contribution in [0.5, 0.6) is 0 Å². The molecule has 3 N–H and O–H groups in total. The largest absolute Gasteiger partial charge is 0.383 e. The van der Waals surface area contributed by atoms with Gasteiger partial charge in [-0.3, -0.25) is 0 Å². The molecule has 3 rings (SSSR count). The molecule has 0 amide bonds. The summed E-state index contributed by atoms with van der Waals surface area (Å²) < 4.78 is 9.80. The van der Waals surface area contributed by atoms with E-state index in [2.05, 4.69) is 9.69 Å². The Bertz CT molecular complexity index is 402. The molecule has 0 aromatic carbocycles. The zero-order valence-corrected chi connectivity index (χ0v) is 10.9. The average Bonchev–Trinajstić information content (AvgIpc) is 2.95. The highest BCUT2D eigenvalue weighted by molar-refractivity contribution is 7.10. The van der Waals surface area contributed by atoms with Gasteiger partial charge in [-0.25, -0.2) is 0 Å². The van der Waals surface area contributed by atoms with Gasteiger partial charge in [0.2, 0.25) is 0 Å². The highest BCUT2D eigenvalue weighted by Crippen LogP contribution is 2.48. The zero-order chi connectivity index (χ0) is 11.8. The molecular weight excluding hydrogens is 234 g/mol. The Hall–Kier alpha value is -0.810. The Morgan fingerprint density at radius 1 is 1.35 bits per heavy atom. The first-order valence-electron chi connectivity index (χ1n) is 6.34. The van der Waals surface area contributed by atoms with Gasteiger partial charge in [-0.1, -0.05) is 0 Å². The maximum Gasteiger partial charge on any atom is 0.142 e. The van der Waals surface area contributed by atoms with Crippen LogP contribution in [0.15, 0.2) is 0 Å². The van der Waals surface area contributed by atoms with E-state index >= 15 is 0 Å². The predicted molar refractivity (Wildman–Crippen MR) is 70.6 cm³/mol. The summed E-state index contributed by atoms with van der Waals surface area (Å²) in [7, 11) is 1.80. The summed E-state index contributed by atoms with van der Waals surface area (Å²) in [5.41, 5.74) is 7.21. The number of nitrogens with one attached hydrogen (secondary N) is 1. The summed E-state index contributed by atoms with van der Waals surface area (Å²) in [6.45, 7) is 0. The van der Waals surface area contributed by atoms with E-state index < -0.39 is 0 Å². The van der Waals surface area contributed by atoms with Gasteiger partial charge < -0.3 is 15.8 Å². The number of aromatic nitrogens is 1. The number of nitrogens with two attached hydrogens (primary N) is 1. The van der Waals surface area contributed by atoms with Gasteiger partial charge in [-0.2, -0.15) is 4.37 Å². The molecule has 0 saturated heterocycles. The van der Waals surface area contributed by atoms with Crippen LogP contribution in [-0.4, -0.2) is 23.6 Å². The Labute approximate surface area is 106 Å². The smallest absolute Gasteiger partial charge is 0.142 e. The Balaban J connectivity index is 1.76. The lowest BCUT2D eigenvalue weighted by Crippen LogP contribution is -2.29. The van der Waals surface area contributed by atoms with Crippen LogP contribution < -0.4 is 11.1 Å². The molecule has 2 fully saturated rings. The standard InChI is InChI=1S/C12H19N3OS/c1-16-9-4-2-3-8(9)14-12-10(7-5-6-7)11(13)15-17-12/h7-9,14H,2-6H2,1H3,(H2,13,15). The number of hydrogen-bond donors (Lipinski definition) is 2. The molecule has 5 heteroatoms. The quantitative estimate of drug-likeness (QED) is 0.866. The third-order valence-electron chi connectivity index (χ3n) is 3.81. The molecule has 1 heterocycles. The van der Waals surface area contributed by atoms with Crippen molar-refractivity contribution in [2.75, 3.05) is 18.2 Å². The van der Waals surface area contributed by atoms with Crippen molar-refractivity contribution in [1.82, 2.24) is 4.37 Å². The van der Waals surface area contributed by atoms with E-state index in [1.165, 1.54) is 47.8 Å². The van der Waals surface area contributed by atoms with Crippen LogP contribution in [0, 0.1) is 0 Å². The van der Waals surface area contributed by atoms with Crippen molar-refractivity contribution in [3.8, 4) is 0 Å². The molecule has 94 valence electrons. The van der Waals surface area contributed by atoms with Crippen molar-refractivity contribution in [3.05, 3.63) is 5.56 Å². The van der Waals surface area contributed by atoms with E-state index in [9.17, 15) is 0 Å². The summed E-state index contributed by atoms with van der Waals surface area (Å²) in [6.07, 6.45) is 6.43. The van der Waals surface area contributed by atoms with E-state index in [-0.39, 0.29) is 0 Å². The summed E-state index contributed by atoms with van der Waals surface area (Å²) in [5, 5.41) is 4.78. The molecule has 2 saturated carbocycles. The van der Waals surface area contributed by atoms with Crippen LogP contribution in [0.1, 0.15) is 43.6 Å². The second kappa shape index (κ2) is 4.46. The van der Waals surface area contributed by atoms with E-state index in [4.69, 9.17) is 10.5 Å². The Morgan fingerprint density at radius 2 is 2.18 bits per heavy atom. The average molecular weight is 253 g/mol. The number of rotatable bonds is 4. The van der Waals surface area contributed by atoms with Crippen LogP contribution in [0.4, 0.5) is 10.8 Å². The normalized spacial score (nSPS) is 28.5. The molecule has 0 spiro atoms. The zero-order valence-electron chi connectivity index (χ0n) is 10.1. The third-order valence-corrected chi connectivity index (χ3v) is 4.62. The van der Waals surface area contributed by atoms with Gasteiger partial charge in [-0.05, 0) is 49.6 Å². The first-order valence-corrected chi connectivity index (χ1v) is 7.11. The fourth-order valence-electron chi connectivity index (χ4n) is 2.72. The second-order valence-electron chi connectivity index (χ2n) is 5.04. The first kappa shape index (κ1) is 11.3. The molecule has 4 nitrogen and oxygen atoms in total. The fraction of sp³-hybridized carbons (Fsp3) is 0.750. The maximum absolute atomic E-state index is 5.95. The van der Waals surface area contributed by atoms with Crippen LogP contribution >= 0.6 is 11.5 Å². The van der Waals surface area contributed by atoms with Gasteiger partial charge in [0.1, 0.15) is 10.8 Å². The van der Waals surface area contributed by atoms with E-state index in [0.717, 1.165) is 12.2 Å². The van der Waals surface area contributed by atoms with E-state index in [1.807, 2.05) is 0 Å². The van der Waals surface area contributed by atoms with Crippen LogP contribution in [0.25, 0.3) is 0 Å². The van der Waals surface area contributed by atoms with Gasteiger partial charge in [0.05, 0.1) is 12.1 Å². The molecule has 0 aliphatic heterocycles. The monoisotopic (exact) mass is 253 g/mol. The van der Waals surface area contributed by atoms with Crippen LogP contribution in [0.2, 0.25) is 0 Å². The molecular formula is C12H19N3OS.